The van der Waals surface area contributed by atoms with Gasteiger partial charge in [-0.15, -0.1) is 0 Å². The molecule has 0 spiro atoms. The SMILES string of the molecule is Cc1cccc(NC(=O)COC(=O)[C@H]2CC(=O)N(c3cccc([N+](=O)[O-])c3)C2)c1C. The molecule has 1 heterocycles. The molecule has 30 heavy (non-hydrogen) atoms. The average Bonchev–Trinajstić information content (AvgIpc) is 3.11. The van der Waals surface area contributed by atoms with Crippen LogP contribution in [0.15, 0.2) is 42.5 Å². The summed E-state index contributed by atoms with van der Waals surface area (Å²) in [7, 11) is 0. The first-order chi connectivity index (χ1) is 14.3. The van der Waals surface area contributed by atoms with Gasteiger partial charge < -0.3 is 15.0 Å². The number of aryl methyl sites for hydroxylation is 1. The van der Waals surface area contributed by atoms with E-state index in [1.54, 1.807) is 12.1 Å². The molecule has 1 saturated heterocycles. The van der Waals surface area contributed by atoms with Gasteiger partial charge in [-0.05, 0) is 37.1 Å². The number of ether oxygens (including phenoxy) is 1. The summed E-state index contributed by atoms with van der Waals surface area (Å²) in [6, 6.07) is 11.1. The Morgan fingerprint density at radius 1 is 1.23 bits per heavy atom. The standard InChI is InChI=1S/C21H21N3O6/c1-13-5-3-8-18(14(13)2)22-19(25)12-30-21(27)15-9-20(26)23(11-15)16-6-4-7-17(10-16)24(28)29/h3-8,10,15H,9,11-12H2,1-2H3,(H,22,25)/t15-/m0/s1. The molecule has 9 nitrogen and oxygen atoms in total. The molecule has 0 radical (unpaired) electrons. The van der Waals surface area contributed by atoms with Crippen LogP contribution in [0, 0.1) is 29.9 Å². The Balaban J connectivity index is 1.57. The molecular weight excluding hydrogens is 390 g/mol. The van der Waals surface area contributed by atoms with Gasteiger partial charge in [-0.1, -0.05) is 18.2 Å². The fourth-order valence-corrected chi connectivity index (χ4v) is 3.22. The molecule has 0 aromatic heterocycles. The van der Waals surface area contributed by atoms with Gasteiger partial charge in [0.1, 0.15) is 0 Å². The van der Waals surface area contributed by atoms with Gasteiger partial charge in [-0.3, -0.25) is 24.5 Å². The topological polar surface area (TPSA) is 119 Å². The van der Waals surface area contributed by atoms with E-state index in [1.807, 2.05) is 26.0 Å². The minimum atomic E-state index is -0.745. The van der Waals surface area contributed by atoms with Crippen molar-refractivity contribution in [2.45, 2.75) is 20.3 Å². The number of carbonyl (C=O) groups excluding carboxylic acids is 3. The van der Waals surface area contributed by atoms with E-state index in [9.17, 15) is 24.5 Å². The summed E-state index contributed by atoms with van der Waals surface area (Å²) in [5.41, 5.74) is 2.79. The van der Waals surface area contributed by atoms with E-state index in [4.69, 9.17) is 4.74 Å². The van der Waals surface area contributed by atoms with Crippen LogP contribution in [0.1, 0.15) is 17.5 Å². The highest BCUT2D eigenvalue weighted by Gasteiger charge is 2.36. The number of nitrogens with zero attached hydrogens (tertiary/aromatic N) is 2. The van der Waals surface area contributed by atoms with E-state index in [2.05, 4.69) is 5.32 Å². The smallest absolute Gasteiger partial charge is 0.311 e. The van der Waals surface area contributed by atoms with Crippen molar-refractivity contribution in [1.29, 1.82) is 0 Å². The molecule has 0 saturated carbocycles. The number of benzene rings is 2. The predicted octanol–water partition coefficient (Wildman–Crippen LogP) is 2.75. The van der Waals surface area contributed by atoms with Gasteiger partial charge in [-0.25, -0.2) is 0 Å². The lowest BCUT2D eigenvalue weighted by molar-refractivity contribution is -0.384. The Bertz CT molecular complexity index is 1020. The highest BCUT2D eigenvalue weighted by Crippen LogP contribution is 2.28. The third kappa shape index (κ3) is 4.62. The maximum absolute atomic E-state index is 12.3. The maximum atomic E-state index is 12.3. The summed E-state index contributed by atoms with van der Waals surface area (Å²) < 4.78 is 5.09. The third-order valence-corrected chi connectivity index (χ3v) is 5.03. The number of hydrogen-bond acceptors (Lipinski definition) is 6. The van der Waals surface area contributed by atoms with Gasteiger partial charge >= 0.3 is 5.97 Å². The maximum Gasteiger partial charge on any atom is 0.311 e. The molecule has 0 aliphatic carbocycles. The second-order valence-electron chi connectivity index (χ2n) is 7.09. The van der Waals surface area contributed by atoms with Crippen LogP contribution in [0.25, 0.3) is 0 Å². The first kappa shape index (κ1) is 21.0. The van der Waals surface area contributed by atoms with Gasteiger partial charge in [-0.2, -0.15) is 0 Å². The Labute approximate surface area is 172 Å². The molecule has 1 aliphatic heterocycles. The number of nitro groups is 1. The van der Waals surface area contributed by atoms with Crippen molar-refractivity contribution < 1.29 is 24.0 Å². The van der Waals surface area contributed by atoms with E-state index in [0.29, 0.717) is 11.4 Å². The Morgan fingerprint density at radius 2 is 1.97 bits per heavy atom. The zero-order valence-electron chi connectivity index (χ0n) is 16.6. The second kappa shape index (κ2) is 8.73. The largest absolute Gasteiger partial charge is 0.455 e. The lowest BCUT2D eigenvalue weighted by Gasteiger charge is -2.16. The van der Waals surface area contributed by atoms with E-state index in [1.165, 1.54) is 23.1 Å². The molecule has 2 amide bonds. The lowest BCUT2D eigenvalue weighted by atomic mass is 10.1. The van der Waals surface area contributed by atoms with Crippen LogP contribution < -0.4 is 10.2 Å². The van der Waals surface area contributed by atoms with Crippen LogP contribution in [0.2, 0.25) is 0 Å². The van der Waals surface area contributed by atoms with Crippen molar-refractivity contribution in [3.63, 3.8) is 0 Å². The number of hydrogen-bond donors (Lipinski definition) is 1. The highest BCUT2D eigenvalue weighted by atomic mass is 16.6. The number of amides is 2. The summed E-state index contributed by atoms with van der Waals surface area (Å²) in [6.45, 7) is 3.38. The summed E-state index contributed by atoms with van der Waals surface area (Å²) in [5, 5.41) is 13.6. The van der Waals surface area contributed by atoms with Crippen molar-refractivity contribution in [2.24, 2.45) is 5.92 Å². The molecule has 1 aliphatic rings. The normalized spacial score (nSPS) is 15.7. The van der Waals surface area contributed by atoms with Crippen LogP contribution in [-0.2, 0) is 19.1 Å². The molecule has 3 rings (SSSR count). The molecule has 2 aromatic carbocycles. The summed E-state index contributed by atoms with van der Waals surface area (Å²) in [4.78, 5) is 48.4. The molecule has 156 valence electrons. The molecule has 0 unspecified atom stereocenters. The Kier molecular flexibility index (Phi) is 6.10. The summed E-state index contributed by atoms with van der Waals surface area (Å²) in [6.07, 6.45) is -0.0832. The van der Waals surface area contributed by atoms with Crippen LogP contribution in [0.5, 0.6) is 0 Å². The van der Waals surface area contributed by atoms with Crippen LogP contribution in [0.4, 0.5) is 17.1 Å². The quantitative estimate of drug-likeness (QED) is 0.443. The van der Waals surface area contributed by atoms with Gasteiger partial charge in [0.15, 0.2) is 6.61 Å². The number of carbonyl (C=O) groups is 3. The highest BCUT2D eigenvalue weighted by molar-refractivity contribution is 6.00. The third-order valence-electron chi connectivity index (χ3n) is 5.03. The minimum absolute atomic E-state index is 0.0391. The molecule has 9 heteroatoms. The molecule has 1 atom stereocenters. The van der Waals surface area contributed by atoms with E-state index in [-0.39, 0.29) is 24.6 Å². The predicted molar refractivity (Wildman–Crippen MR) is 109 cm³/mol. The molecule has 2 aromatic rings. The monoisotopic (exact) mass is 411 g/mol. The molecular formula is C21H21N3O6. The number of rotatable bonds is 6. The van der Waals surface area contributed by atoms with Crippen molar-refractivity contribution in [3.8, 4) is 0 Å². The van der Waals surface area contributed by atoms with E-state index in [0.717, 1.165) is 11.1 Å². The fraction of sp³-hybridized carbons (Fsp3) is 0.286. The van der Waals surface area contributed by atoms with E-state index >= 15 is 0 Å². The van der Waals surface area contributed by atoms with Gasteiger partial charge in [0.05, 0.1) is 16.5 Å². The van der Waals surface area contributed by atoms with Crippen LogP contribution >= 0.6 is 0 Å². The first-order valence-corrected chi connectivity index (χ1v) is 9.34. The van der Waals surface area contributed by atoms with E-state index < -0.39 is 29.3 Å². The number of esters is 1. The average molecular weight is 411 g/mol. The summed E-state index contributed by atoms with van der Waals surface area (Å²) >= 11 is 0. The molecule has 1 N–H and O–H groups in total. The van der Waals surface area contributed by atoms with Crippen molar-refractivity contribution in [2.75, 3.05) is 23.4 Å². The second-order valence-corrected chi connectivity index (χ2v) is 7.09. The van der Waals surface area contributed by atoms with Crippen molar-refractivity contribution in [3.05, 3.63) is 63.7 Å². The number of nitro benzene ring substituents is 1. The Hall–Kier alpha value is -3.75. The zero-order valence-corrected chi connectivity index (χ0v) is 16.6. The van der Waals surface area contributed by atoms with Crippen molar-refractivity contribution >= 4 is 34.8 Å². The lowest BCUT2D eigenvalue weighted by Crippen LogP contribution is -2.28. The molecule has 0 bridgehead atoms. The zero-order chi connectivity index (χ0) is 21.8. The number of anilines is 2. The molecule has 1 fully saturated rings. The summed E-state index contributed by atoms with van der Waals surface area (Å²) in [5.74, 6) is -2.22. The van der Waals surface area contributed by atoms with Gasteiger partial charge in [0.2, 0.25) is 5.91 Å². The number of nitrogens with one attached hydrogen (secondary N) is 1. The van der Waals surface area contributed by atoms with Crippen molar-refractivity contribution in [1.82, 2.24) is 0 Å². The van der Waals surface area contributed by atoms with Gasteiger partial charge in [0.25, 0.3) is 11.6 Å². The Morgan fingerprint density at radius 3 is 2.70 bits per heavy atom. The van der Waals surface area contributed by atoms with Crippen LogP contribution in [-0.4, -0.2) is 35.9 Å². The first-order valence-electron chi connectivity index (χ1n) is 9.34. The van der Waals surface area contributed by atoms with Crippen LogP contribution in [0.3, 0.4) is 0 Å². The minimum Gasteiger partial charge on any atom is -0.455 e. The van der Waals surface area contributed by atoms with Gasteiger partial charge in [0, 0.05) is 30.8 Å². The fourth-order valence-electron chi connectivity index (χ4n) is 3.22. The number of non-ortho nitro benzene ring substituents is 1.